The Morgan fingerprint density at radius 3 is 2.81 bits per heavy atom. The zero-order valence-corrected chi connectivity index (χ0v) is 20.3. The van der Waals surface area contributed by atoms with Gasteiger partial charge in [0.15, 0.2) is 11.5 Å². The lowest BCUT2D eigenvalue weighted by atomic mass is 10.0. The van der Waals surface area contributed by atoms with Gasteiger partial charge < -0.3 is 10.3 Å². The summed E-state index contributed by atoms with van der Waals surface area (Å²) in [6.45, 7) is 7.22. The first-order valence-corrected chi connectivity index (χ1v) is 11.7. The van der Waals surface area contributed by atoms with Crippen LogP contribution < -0.4 is 5.32 Å². The van der Waals surface area contributed by atoms with Crippen molar-refractivity contribution < 1.29 is 9.18 Å². The van der Waals surface area contributed by atoms with Crippen molar-refractivity contribution in [1.82, 2.24) is 30.5 Å². The molecular formula is C28H24FN7O. The normalized spacial score (nSPS) is 12.3. The van der Waals surface area contributed by atoms with Gasteiger partial charge in [-0.1, -0.05) is 37.3 Å². The highest BCUT2D eigenvalue weighted by Gasteiger charge is 2.16. The van der Waals surface area contributed by atoms with Gasteiger partial charge in [0.05, 0.1) is 16.4 Å². The fourth-order valence-corrected chi connectivity index (χ4v) is 4.00. The summed E-state index contributed by atoms with van der Waals surface area (Å²) in [6, 6.07) is 14.2. The Bertz CT molecular complexity index is 1710. The van der Waals surface area contributed by atoms with E-state index in [9.17, 15) is 9.18 Å². The van der Waals surface area contributed by atoms with Gasteiger partial charge in [-0.2, -0.15) is 5.10 Å². The van der Waals surface area contributed by atoms with Crippen molar-refractivity contribution >= 4 is 40.3 Å². The number of imidazole rings is 1. The molecule has 5 rings (SSSR count). The third kappa shape index (κ3) is 4.79. The number of fused-ring (bicyclic) bond motifs is 2. The number of amides is 1. The van der Waals surface area contributed by atoms with Gasteiger partial charge in [-0.05, 0) is 60.7 Å². The molecular weight excluding hydrogens is 469 g/mol. The lowest BCUT2D eigenvalue weighted by Gasteiger charge is -2.03. The van der Waals surface area contributed by atoms with Crippen LogP contribution in [-0.2, 0) is 4.79 Å². The van der Waals surface area contributed by atoms with Gasteiger partial charge in [0.2, 0.25) is 5.91 Å². The van der Waals surface area contributed by atoms with Gasteiger partial charge in [-0.25, -0.2) is 19.4 Å². The number of rotatable bonds is 7. The Labute approximate surface area is 212 Å². The highest BCUT2D eigenvalue weighted by Crippen LogP contribution is 2.32. The number of hydrogen-bond acceptors (Lipinski definition) is 5. The number of aliphatic imine (C=N–C) groups is 1. The molecule has 0 aliphatic carbocycles. The molecule has 9 heteroatoms. The molecule has 3 N–H and O–H groups in total. The van der Waals surface area contributed by atoms with E-state index in [1.54, 1.807) is 25.3 Å². The van der Waals surface area contributed by atoms with E-state index in [4.69, 9.17) is 4.98 Å². The summed E-state index contributed by atoms with van der Waals surface area (Å²) >= 11 is 0. The predicted molar refractivity (Wildman–Crippen MR) is 144 cm³/mol. The Balaban J connectivity index is 1.53. The summed E-state index contributed by atoms with van der Waals surface area (Å²) < 4.78 is 13.9. The van der Waals surface area contributed by atoms with E-state index in [-0.39, 0.29) is 11.7 Å². The number of aromatic amines is 2. The topological polar surface area (TPSA) is 112 Å². The summed E-state index contributed by atoms with van der Waals surface area (Å²) in [7, 11) is 0. The van der Waals surface area contributed by atoms with E-state index < -0.39 is 0 Å². The Hall–Kier alpha value is -4.92. The van der Waals surface area contributed by atoms with Crippen LogP contribution in [0.5, 0.6) is 0 Å². The molecule has 5 aromatic rings. The average Bonchev–Trinajstić information content (AvgIpc) is 3.54. The van der Waals surface area contributed by atoms with Crippen molar-refractivity contribution in [2.24, 2.45) is 4.99 Å². The van der Waals surface area contributed by atoms with Crippen LogP contribution in [0.25, 0.3) is 50.3 Å². The number of H-pyrrole nitrogens is 2. The monoisotopic (exact) mass is 493 g/mol. The highest BCUT2D eigenvalue weighted by molar-refractivity contribution is 5.97. The van der Waals surface area contributed by atoms with Gasteiger partial charge in [-0.15, -0.1) is 0 Å². The second kappa shape index (κ2) is 9.98. The minimum absolute atomic E-state index is 0.137. The summed E-state index contributed by atoms with van der Waals surface area (Å²) in [5.41, 5.74) is 6.14. The minimum Gasteiger partial charge on any atom is -0.337 e. The van der Waals surface area contributed by atoms with Gasteiger partial charge in [0, 0.05) is 18.2 Å². The molecule has 2 aromatic carbocycles. The standard InChI is InChI=1S/C28H24FN7O/c1-4-24(37)33-23(30-3)12-11-16(2)18-14-21-26(35-36-27(21)31-15-18)28-32-22-10-6-9-20(25(22)34-28)17-7-5-8-19(29)13-17/h5-15H,3-4H2,1-2H3,(H,32,34)(H,33,37)(H,31,35,36)/b16-11+,23-12+. The van der Waals surface area contributed by atoms with E-state index in [1.165, 1.54) is 12.1 Å². The van der Waals surface area contributed by atoms with Crippen LogP contribution in [0.1, 0.15) is 25.8 Å². The first kappa shape index (κ1) is 23.8. The predicted octanol–water partition coefficient (Wildman–Crippen LogP) is 5.78. The van der Waals surface area contributed by atoms with E-state index in [0.717, 1.165) is 38.7 Å². The van der Waals surface area contributed by atoms with Crippen LogP contribution in [0.3, 0.4) is 0 Å². The number of pyridine rings is 1. The van der Waals surface area contributed by atoms with Crippen molar-refractivity contribution in [2.45, 2.75) is 20.3 Å². The van der Waals surface area contributed by atoms with Crippen LogP contribution in [0.15, 0.2) is 77.7 Å². The molecule has 37 heavy (non-hydrogen) atoms. The van der Waals surface area contributed by atoms with Gasteiger partial charge >= 0.3 is 0 Å². The number of nitrogens with one attached hydrogen (secondary N) is 3. The molecule has 0 bridgehead atoms. The van der Waals surface area contributed by atoms with Crippen LogP contribution >= 0.6 is 0 Å². The summed E-state index contributed by atoms with van der Waals surface area (Å²) in [6.07, 6.45) is 5.64. The third-order valence-corrected chi connectivity index (χ3v) is 5.99. The molecule has 0 fully saturated rings. The van der Waals surface area contributed by atoms with E-state index >= 15 is 0 Å². The largest absolute Gasteiger partial charge is 0.337 e. The number of para-hydroxylation sites is 1. The second-order valence-corrected chi connectivity index (χ2v) is 8.45. The molecule has 8 nitrogen and oxygen atoms in total. The molecule has 0 radical (unpaired) electrons. The lowest BCUT2D eigenvalue weighted by Crippen LogP contribution is -2.20. The molecule has 0 atom stereocenters. The number of benzene rings is 2. The molecule has 0 spiro atoms. The Kier molecular flexibility index (Phi) is 6.42. The SMILES string of the molecule is C=N/C(=C\C=C(/C)c1cnc2[nH]nc(-c3nc4c(-c5cccc(F)c5)cccc4[nH]3)c2c1)NC(=O)CC. The van der Waals surface area contributed by atoms with Crippen molar-refractivity contribution in [3.05, 3.63) is 84.1 Å². The number of halogens is 1. The molecule has 0 aliphatic rings. The Morgan fingerprint density at radius 2 is 2.03 bits per heavy atom. The first-order chi connectivity index (χ1) is 18.0. The molecule has 1 amide bonds. The molecule has 0 saturated carbocycles. The maximum Gasteiger partial charge on any atom is 0.225 e. The minimum atomic E-state index is -0.302. The van der Waals surface area contributed by atoms with Crippen molar-refractivity contribution in [1.29, 1.82) is 0 Å². The molecule has 3 heterocycles. The van der Waals surface area contributed by atoms with Gasteiger partial charge in [0.1, 0.15) is 17.3 Å². The summed E-state index contributed by atoms with van der Waals surface area (Å²) in [4.78, 5) is 28.2. The van der Waals surface area contributed by atoms with Gasteiger partial charge in [0.25, 0.3) is 0 Å². The second-order valence-electron chi connectivity index (χ2n) is 8.45. The molecule has 0 unspecified atom stereocenters. The molecule has 0 saturated heterocycles. The zero-order valence-electron chi connectivity index (χ0n) is 20.3. The fourth-order valence-electron chi connectivity index (χ4n) is 4.00. The quantitative estimate of drug-likeness (QED) is 0.197. The van der Waals surface area contributed by atoms with Gasteiger partial charge in [-0.3, -0.25) is 9.89 Å². The van der Waals surface area contributed by atoms with E-state index in [2.05, 4.69) is 37.2 Å². The third-order valence-electron chi connectivity index (χ3n) is 5.99. The number of carbonyl (C=O) groups excluding carboxylic acids is 1. The molecule has 184 valence electrons. The summed E-state index contributed by atoms with van der Waals surface area (Å²) in [5, 5.41) is 10.9. The molecule has 3 aromatic heterocycles. The van der Waals surface area contributed by atoms with E-state index in [0.29, 0.717) is 29.4 Å². The summed E-state index contributed by atoms with van der Waals surface area (Å²) in [5.74, 6) is 0.512. The van der Waals surface area contributed by atoms with E-state index in [1.807, 2.05) is 43.3 Å². The number of aromatic nitrogens is 5. The fraction of sp³-hybridized carbons (Fsp3) is 0.107. The molecule has 0 aliphatic heterocycles. The lowest BCUT2D eigenvalue weighted by molar-refractivity contribution is -0.120. The number of hydrogen-bond donors (Lipinski definition) is 3. The van der Waals surface area contributed by atoms with Crippen LogP contribution in [0.4, 0.5) is 4.39 Å². The van der Waals surface area contributed by atoms with Crippen molar-refractivity contribution in [2.75, 3.05) is 0 Å². The maximum atomic E-state index is 13.9. The first-order valence-electron chi connectivity index (χ1n) is 11.7. The van der Waals surface area contributed by atoms with Crippen LogP contribution in [-0.4, -0.2) is 37.8 Å². The number of allylic oxidation sites excluding steroid dienone is 3. The maximum absolute atomic E-state index is 13.9. The average molecular weight is 494 g/mol. The Morgan fingerprint density at radius 1 is 1.19 bits per heavy atom. The van der Waals surface area contributed by atoms with Crippen molar-refractivity contribution in [3.63, 3.8) is 0 Å². The zero-order chi connectivity index (χ0) is 25.9. The highest BCUT2D eigenvalue weighted by atomic mass is 19.1. The number of carbonyl (C=O) groups is 1. The van der Waals surface area contributed by atoms with Crippen LogP contribution in [0, 0.1) is 5.82 Å². The smallest absolute Gasteiger partial charge is 0.225 e. The van der Waals surface area contributed by atoms with Crippen LogP contribution in [0.2, 0.25) is 0 Å². The number of nitrogens with zero attached hydrogens (tertiary/aromatic N) is 4. The van der Waals surface area contributed by atoms with Crippen molar-refractivity contribution in [3.8, 4) is 22.6 Å².